The number of aromatic nitrogens is 2. The van der Waals surface area contributed by atoms with Gasteiger partial charge in [-0.15, -0.1) is 0 Å². The third-order valence-electron chi connectivity index (χ3n) is 3.46. The third kappa shape index (κ3) is 2.88. The lowest BCUT2D eigenvalue weighted by Crippen LogP contribution is -2.44. The number of H-pyrrole nitrogens is 1. The van der Waals surface area contributed by atoms with E-state index < -0.39 is 0 Å². The van der Waals surface area contributed by atoms with Gasteiger partial charge in [-0.25, -0.2) is 4.98 Å². The molecule has 5 heteroatoms. The first-order chi connectivity index (χ1) is 9.22. The van der Waals surface area contributed by atoms with E-state index in [1.165, 1.54) is 0 Å². The number of rotatable bonds is 2. The van der Waals surface area contributed by atoms with Gasteiger partial charge < -0.3 is 15.2 Å². The molecular formula is C14H17BrN4. The van der Waals surface area contributed by atoms with Crippen LogP contribution in [0.15, 0.2) is 34.9 Å². The molecule has 0 amide bonds. The summed E-state index contributed by atoms with van der Waals surface area (Å²) in [7, 11) is 2.15. The molecule has 1 saturated heterocycles. The minimum atomic E-state index is 0.294. The number of likely N-dealkylation sites (N-methyl/N-ethyl adjacent to an activating group) is 1. The molecule has 2 N–H and O–H groups in total. The molecule has 1 fully saturated rings. The molecule has 0 radical (unpaired) electrons. The molecule has 19 heavy (non-hydrogen) atoms. The summed E-state index contributed by atoms with van der Waals surface area (Å²) >= 11 is 3.45. The molecule has 1 aliphatic rings. The second-order valence-corrected chi connectivity index (χ2v) is 5.87. The number of halogens is 1. The smallest absolute Gasteiger partial charge is 0.125 e. The molecule has 1 aromatic carbocycles. The summed E-state index contributed by atoms with van der Waals surface area (Å²) in [5, 5.41) is 3.50. The van der Waals surface area contributed by atoms with E-state index in [-0.39, 0.29) is 0 Å². The van der Waals surface area contributed by atoms with Gasteiger partial charge in [-0.3, -0.25) is 0 Å². The van der Waals surface area contributed by atoms with Gasteiger partial charge in [0.15, 0.2) is 0 Å². The Bertz CT molecular complexity index is 549. The zero-order valence-corrected chi connectivity index (χ0v) is 12.4. The predicted octanol–water partition coefficient (Wildman–Crippen LogP) is 2.42. The van der Waals surface area contributed by atoms with E-state index in [4.69, 9.17) is 0 Å². The largest absolute Gasteiger partial charge is 0.341 e. The molecule has 1 atom stereocenters. The highest BCUT2D eigenvalue weighted by Gasteiger charge is 2.20. The quantitative estimate of drug-likeness (QED) is 0.893. The van der Waals surface area contributed by atoms with E-state index in [1.54, 1.807) is 0 Å². The van der Waals surface area contributed by atoms with Gasteiger partial charge in [-0.2, -0.15) is 0 Å². The summed E-state index contributed by atoms with van der Waals surface area (Å²) in [5.41, 5.74) is 2.23. The van der Waals surface area contributed by atoms with E-state index in [0.717, 1.165) is 41.2 Å². The van der Waals surface area contributed by atoms with E-state index in [9.17, 15) is 0 Å². The maximum atomic E-state index is 4.52. The Labute approximate surface area is 121 Å². The van der Waals surface area contributed by atoms with E-state index in [0.29, 0.717) is 6.04 Å². The van der Waals surface area contributed by atoms with E-state index in [2.05, 4.69) is 55.3 Å². The predicted molar refractivity (Wildman–Crippen MR) is 80.0 cm³/mol. The number of aromatic amines is 1. The Kier molecular flexibility index (Phi) is 3.68. The van der Waals surface area contributed by atoms with Gasteiger partial charge in [0.05, 0.1) is 17.9 Å². The maximum Gasteiger partial charge on any atom is 0.125 e. The molecule has 2 heterocycles. The fourth-order valence-electron chi connectivity index (χ4n) is 2.37. The average Bonchev–Trinajstić information content (AvgIpc) is 2.89. The van der Waals surface area contributed by atoms with Crippen molar-refractivity contribution in [3.63, 3.8) is 0 Å². The van der Waals surface area contributed by atoms with Crippen LogP contribution in [0.4, 0.5) is 0 Å². The van der Waals surface area contributed by atoms with Crippen LogP contribution in [0.25, 0.3) is 11.3 Å². The Morgan fingerprint density at radius 3 is 2.84 bits per heavy atom. The SMILES string of the molecule is CN1CCNC(c2ncc(-c3ccc(Br)cc3)[nH]2)C1. The number of nitrogens with zero attached hydrogens (tertiary/aromatic N) is 2. The van der Waals surface area contributed by atoms with Crippen LogP contribution >= 0.6 is 15.9 Å². The van der Waals surface area contributed by atoms with Gasteiger partial charge in [0, 0.05) is 24.1 Å². The lowest BCUT2D eigenvalue weighted by Gasteiger charge is -2.29. The second kappa shape index (κ2) is 5.45. The number of imidazole rings is 1. The highest BCUT2D eigenvalue weighted by molar-refractivity contribution is 9.10. The molecule has 4 nitrogen and oxygen atoms in total. The van der Waals surface area contributed by atoms with Gasteiger partial charge in [0.2, 0.25) is 0 Å². The normalized spacial score (nSPS) is 20.6. The van der Waals surface area contributed by atoms with Crippen LogP contribution in [-0.2, 0) is 0 Å². The Morgan fingerprint density at radius 1 is 1.32 bits per heavy atom. The van der Waals surface area contributed by atoms with Crippen LogP contribution in [0.1, 0.15) is 11.9 Å². The van der Waals surface area contributed by atoms with Crippen molar-refractivity contribution in [1.29, 1.82) is 0 Å². The van der Waals surface area contributed by atoms with Crippen molar-refractivity contribution >= 4 is 15.9 Å². The fourth-order valence-corrected chi connectivity index (χ4v) is 2.63. The van der Waals surface area contributed by atoms with Gasteiger partial charge in [-0.05, 0) is 24.7 Å². The van der Waals surface area contributed by atoms with Crippen molar-refractivity contribution < 1.29 is 0 Å². The standard InChI is InChI=1S/C14H17BrN4/c1-19-7-6-16-13(9-19)14-17-8-12(18-14)10-2-4-11(15)5-3-10/h2-5,8,13,16H,6-7,9H2,1H3,(H,17,18). The molecule has 0 saturated carbocycles. The topological polar surface area (TPSA) is 44.0 Å². The second-order valence-electron chi connectivity index (χ2n) is 4.96. The van der Waals surface area contributed by atoms with Crippen LogP contribution < -0.4 is 5.32 Å². The summed E-state index contributed by atoms with van der Waals surface area (Å²) in [6.07, 6.45) is 1.91. The molecule has 100 valence electrons. The summed E-state index contributed by atoms with van der Waals surface area (Å²) < 4.78 is 1.09. The Balaban J connectivity index is 1.81. The molecule has 2 aromatic rings. The monoisotopic (exact) mass is 320 g/mol. The van der Waals surface area contributed by atoms with Crippen LogP contribution in [0, 0.1) is 0 Å². The lowest BCUT2D eigenvalue weighted by atomic mass is 10.2. The Morgan fingerprint density at radius 2 is 2.11 bits per heavy atom. The molecule has 1 unspecified atom stereocenters. The molecule has 0 aliphatic carbocycles. The summed E-state index contributed by atoms with van der Waals surface area (Å²) in [6, 6.07) is 8.55. The zero-order valence-electron chi connectivity index (χ0n) is 10.9. The summed E-state index contributed by atoms with van der Waals surface area (Å²) in [6.45, 7) is 3.10. The lowest BCUT2D eigenvalue weighted by molar-refractivity contribution is 0.236. The van der Waals surface area contributed by atoms with Gasteiger partial charge in [-0.1, -0.05) is 28.1 Å². The number of benzene rings is 1. The maximum absolute atomic E-state index is 4.52. The minimum Gasteiger partial charge on any atom is -0.341 e. The number of nitrogens with one attached hydrogen (secondary N) is 2. The van der Waals surface area contributed by atoms with Crippen LogP contribution in [0.3, 0.4) is 0 Å². The molecule has 0 bridgehead atoms. The molecule has 1 aromatic heterocycles. The summed E-state index contributed by atoms with van der Waals surface area (Å²) in [5.74, 6) is 1.02. The van der Waals surface area contributed by atoms with Crippen molar-refractivity contribution in [2.45, 2.75) is 6.04 Å². The van der Waals surface area contributed by atoms with Crippen LogP contribution in [0.5, 0.6) is 0 Å². The molecular weight excluding hydrogens is 304 g/mol. The molecule has 1 aliphatic heterocycles. The minimum absolute atomic E-state index is 0.294. The fraction of sp³-hybridized carbons (Fsp3) is 0.357. The van der Waals surface area contributed by atoms with Gasteiger partial charge >= 0.3 is 0 Å². The summed E-state index contributed by atoms with van der Waals surface area (Å²) in [4.78, 5) is 10.3. The van der Waals surface area contributed by atoms with Crippen molar-refractivity contribution in [3.05, 3.63) is 40.8 Å². The first kappa shape index (κ1) is 12.8. The van der Waals surface area contributed by atoms with Crippen molar-refractivity contribution in [2.24, 2.45) is 0 Å². The van der Waals surface area contributed by atoms with Gasteiger partial charge in [0.25, 0.3) is 0 Å². The number of hydrogen-bond donors (Lipinski definition) is 2. The van der Waals surface area contributed by atoms with Gasteiger partial charge in [0.1, 0.15) is 5.82 Å². The van der Waals surface area contributed by atoms with Crippen molar-refractivity contribution in [2.75, 3.05) is 26.7 Å². The van der Waals surface area contributed by atoms with E-state index in [1.807, 2.05) is 18.3 Å². The molecule has 3 rings (SSSR count). The number of piperazine rings is 1. The zero-order chi connectivity index (χ0) is 13.2. The highest BCUT2D eigenvalue weighted by Crippen LogP contribution is 2.22. The molecule has 0 spiro atoms. The average molecular weight is 321 g/mol. The highest BCUT2D eigenvalue weighted by atomic mass is 79.9. The number of hydrogen-bond acceptors (Lipinski definition) is 3. The third-order valence-corrected chi connectivity index (χ3v) is 3.99. The van der Waals surface area contributed by atoms with Crippen molar-refractivity contribution in [1.82, 2.24) is 20.2 Å². The first-order valence-corrected chi connectivity index (χ1v) is 7.24. The van der Waals surface area contributed by atoms with Crippen LogP contribution in [-0.4, -0.2) is 41.5 Å². The Hall–Kier alpha value is -1.17. The van der Waals surface area contributed by atoms with Crippen LogP contribution in [0.2, 0.25) is 0 Å². The van der Waals surface area contributed by atoms with Crippen molar-refractivity contribution in [3.8, 4) is 11.3 Å². The first-order valence-electron chi connectivity index (χ1n) is 6.45. The van der Waals surface area contributed by atoms with E-state index >= 15 is 0 Å².